The fraction of sp³-hybridized carbons (Fsp3) is 0.429. The Morgan fingerprint density at radius 2 is 1.93 bits per heavy atom. The van der Waals surface area contributed by atoms with Crippen LogP contribution in [0.25, 0.3) is 5.69 Å². The minimum absolute atomic E-state index is 0.0241. The zero-order chi connectivity index (χ0) is 21.9. The lowest BCUT2D eigenvalue weighted by atomic mass is 9.87. The highest BCUT2D eigenvalue weighted by atomic mass is 19.4. The van der Waals surface area contributed by atoms with Gasteiger partial charge in [0.1, 0.15) is 12.9 Å². The van der Waals surface area contributed by atoms with Crippen molar-refractivity contribution in [1.29, 1.82) is 0 Å². The molecule has 1 unspecified atom stereocenters. The Morgan fingerprint density at radius 1 is 1.23 bits per heavy atom. The minimum atomic E-state index is -4.76. The predicted molar refractivity (Wildman–Crippen MR) is 104 cm³/mol. The normalized spacial score (nSPS) is 17.5. The van der Waals surface area contributed by atoms with Crippen molar-refractivity contribution in [2.75, 3.05) is 13.7 Å². The van der Waals surface area contributed by atoms with E-state index in [0.29, 0.717) is 11.4 Å². The SMILES string of the molecule is CCOC(=O)Cc1cc2c(n1-c1ccc(OC(F)(F)F)cc1)CC(C)C/C2=N\OC. The topological polar surface area (TPSA) is 62.0 Å². The molecule has 0 bridgehead atoms. The number of aromatic nitrogens is 1. The summed E-state index contributed by atoms with van der Waals surface area (Å²) in [6.45, 7) is 4.07. The quantitative estimate of drug-likeness (QED) is 0.509. The zero-order valence-electron chi connectivity index (χ0n) is 17.0. The van der Waals surface area contributed by atoms with Gasteiger partial charge in [-0.1, -0.05) is 12.1 Å². The fourth-order valence-electron chi connectivity index (χ4n) is 3.71. The first-order valence-corrected chi connectivity index (χ1v) is 9.57. The largest absolute Gasteiger partial charge is 0.573 e. The summed E-state index contributed by atoms with van der Waals surface area (Å²) < 4.78 is 48.4. The molecule has 0 amide bonds. The Kier molecular flexibility index (Phi) is 6.38. The fourth-order valence-corrected chi connectivity index (χ4v) is 3.71. The number of carbonyl (C=O) groups is 1. The Bertz CT molecular complexity index is 933. The molecule has 2 aromatic rings. The molecule has 1 atom stereocenters. The number of carbonyl (C=O) groups excluding carboxylic acids is 1. The van der Waals surface area contributed by atoms with Gasteiger partial charge >= 0.3 is 12.3 Å². The molecule has 162 valence electrons. The molecular formula is C21H23F3N2O4. The Labute approximate surface area is 172 Å². The summed E-state index contributed by atoms with van der Waals surface area (Å²) in [6, 6.07) is 7.43. The molecule has 0 saturated carbocycles. The van der Waals surface area contributed by atoms with Crippen molar-refractivity contribution in [2.45, 2.75) is 39.5 Å². The van der Waals surface area contributed by atoms with E-state index in [-0.39, 0.29) is 30.7 Å². The van der Waals surface area contributed by atoms with Gasteiger partial charge in [-0.25, -0.2) is 0 Å². The van der Waals surface area contributed by atoms with E-state index in [1.54, 1.807) is 6.92 Å². The lowest BCUT2D eigenvalue weighted by molar-refractivity contribution is -0.274. The van der Waals surface area contributed by atoms with Crippen LogP contribution in [0.4, 0.5) is 13.2 Å². The first kappa shape index (κ1) is 21.7. The van der Waals surface area contributed by atoms with Gasteiger partial charge in [-0.2, -0.15) is 0 Å². The summed E-state index contributed by atoms with van der Waals surface area (Å²) in [4.78, 5) is 17.1. The number of hydrogen-bond acceptors (Lipinski definition) is 5. The molecule has 6 nitrogen and oxygen atoms in total. The maximum Gasteiger partial charge on any atom is 0.573 e. The summed E-state index contributed by atoms with van der Waals surface area (Å²) in [5.41, 5.74) is 3.85. The second-order valence-electron chi connectivity index (χ2n) is 7.09. The van der Waals surface area contributed by atoms with Crippen molar-refractivity contribution in [2.24, 2.45) is 11.1 Å². The number of nitrogens with zero attached hydrogens (tertiary/aromatic N) is 2. The highest BCUT2D eigenvalue weighted by molar-refractivity contribution is 6.03. The van der Waals surface area contributed by atoms with E-state index in [4.69, 9.17) is 9.57 Å². The van der Waals surface area contributed by atoms with Gasteiger partial charge in [-0.3, -0.25) is 4.79 Å². The number of esters is 1. The summed E-state index contributed by atoms with van der Waals surface area (Å²) in [5, 5.41) is 4.14. The molecule has 0 saturated heterocycles. The van der Waals surface area contributed by atoms with E-state index in [0.717, 1.165) is 29.8 Å². The van der Waals surface area contributed by atoms with Gasteiger partial charge < -0.3 is 18.9 Å². The van der Waals surface area contributed by atoms with Crippen molar-refractivity contribution >= 4 is 11.7 Å². The van der Waals surface area contributed by atoms with Crippen LogP contribution in [-0.4, -0.2) is 36.3 Å². The van der Waals surface area contributed by atoms with Gasteiger partial charge in [0.25, 0.3) is 0 Å². The minimum Gasteiger partial charge on any atom is -0.466 e. The lowest BCUT2D eigenvalue weighted by Gasteiger charge is -2.23. The van der Waals surface area contributed by atoms with E-state index in [1.165, 1.54) is 31.4 Å². The third-order valence-corrected chi connectivity index (χ3v) is 4.73. The van der Waals surface area contributed by atoms with Crippen LogP contribution in [0, 0.1) is 5.92 Å². The third-order valence-electron chi connectivity index (χ3n) is 4.73. The molecule has 1 aliphatic rings. The van der Waals surface area contributed by atoms with E-state index in [2.05, 4.69) is 16.8 Å². The molecule has 0 radical (unpaired) electrons. The molecule has 1 heterocycles. The standard InChI is InChI=1S/C21H23F3N2O4/c1-4-29-20(27)12-15-11-17-18(25-28-3)9-13(2)10-19(17)26(15)14-5-7-16(8-6-14)30-21(22,23)24/h5-8,11,13H,4,9-10,12H2,1-3H3/b25-18+. The second-order valence-corrected chi connectivity index (χ2v) is 7.09. The predicted octanol–water partition coefficient (Wildman–Crippen LogP) is 4.41. The average molecular weight is 424 g/mol. The van der Waals surface area contributed by atoms with Gasteiger partial charge in [0.05, 0.1) is 18.7 Å². The summed E-state index contributed by atoms with van der Waals surface area (Å²) in [7, 11) is 1.47. The third kappa shape index (κ3) is 4.95. The lowest BCUT2D eigenvalue weighted by Crippen LogP contribution is -2.21. The number of fused-ring (bicyclic) bond motifs is 1. The highest BCUT2D eigenvalue weighted by Crippen LogP contribution is 2.33. The molecular weight excluding hydrogens is 401 g/mol. The van der Waals surface area contributed by atoms with E-state index < -0.39 is 6.36 Å². The van der Waals surface area contributed by atoms with Crippen LogP contribution in [0.5, 0.6) is 5.75 Å². The Balaban J connectivity index is 2.07. The van der Waals surface area contributed by atoms with E-state index in [9.17, 15) is 18.0 Å². The smallest absolute Gasteiger partial charge is 0.466 e. The maximum atomic E-state index is 12.5. The van der Waals surface area contributed by atoms with Crippen LogP contribution in [0.15, 0.2) is 35.5 Å². The molecule has 3 rings (SSSR count). The first-order chi connectivity index (χ1) is 14.2. The summed E-state index contributed by atoms with van der Waals surface area (Å²) in [5.74, 6) is -0.415. The molecule has 0 aliphatic heterocycles. The molecule has 9 heteroatoms. The van der Waals surface area contributed by atoms with Gasteiger partial charge in [-0.15, -0.1) is 13.2 Å². The molecule has 1 aromatic heterocycles. The van der Waals surface area contributed by atoms with Crippen LogP contribution < -0.4 is 4.74 Å². The molecule has 0 spiro atoms. The number of benzene rings is 1. The van der Waals surface area contributed by atoms with Gasteiger partial charge in [0.15, 0.2) is 0 Å². The number of hydrogen-bond donors (Lipinski definition) is 0. The second kappa shape index (κ2) is 8.81. The van der Waals surface area contributed by atoms with Gasteiger partial charge in [0.2, 0.25) is 0 Å². The van der Waals surface area contributed by atoms with Crippen molar-refractivity contribution in [3.8, 4) is 11.4 Å². The number of oxime groups is 1. The Morgan fingerprint density at radius 3 is 2.53 bits per heavy atom. The Hall–Kier alpha value is -2.97. The van der Waals surface area contributed by atoms with Gasteiger partial charge in [-0.05, 0) is 56.0 Å². The van der Waals surface area contributed by atoms with Crippen LogP contribution in [-0.2, 0) is 27.2 Å². The zero-order valence-corrected chi connectivity index (χ0v) is 17.0. The summed E-state index contributed by atoms with van der Waals surface area (Å²) in [6.07, 6.45) is -3.29. The van der Waals surface area contributed by atoms with Gasteiger partial charge in [0, 0.05) is 22.6 Å². The molecule has 1 aromatic carbocycles. The van der Waals surface area contributed by atoms with Crippen molar-refractivity contribution in [3.05, 3.63) is 47.3 Å². The van der Waals surface area contributed by atoms with Crippen LogP contribution in [0.2, 0.25) is 0 Å². The number of rotatable bonds is 6. The number of halogens is 3. The highest BCUT2D eigenvalue weighted by Gasteiger charge is 2.31. The van der Waals surface area contributed by atoms with Crippen LogP contribution in [0.3, 0.4) is 0 Å². The average Bonchev–Trinajstić information content (AvgIpc) is 2.99. The monoisotopic (exact) mass is 424 g/mol. The summed E-state index contributed by atoms with van der Waals surface area (Å²) >= 11 is 0. The molecule has 0 fully saturated rings. The molecule has 30 heavy (non-hydrogen) atoms. The van der Waals surface area contributed by atoms with Crippen molar-refractivity contribution in [1.82, 2.24) is 4.57 Å². The molecule has 1 aliphatic carbocycles. The van der Waals surface area contributed by atoms with E-state index in [1.807, 2.05) is 10.6 Å². The van der Waals surface area contributed by atoms with E-state index >= 15 is 0 Å². The van der Waals surface area contributed by atoms with Crippen LogP contribution in [0.1, 0.15) is 37.2 Å². The molecule has 0 N–H and O–H groups in total. The number of ether oxygens (including phenoxy) is 2. The number of alkyl halides is 3. The van der Waals surface area contributed by atoms with Crippen molar-refractivity contribution in [3.63, 3.8) is 0 Å². The van der Waals surface area contributed by atoms with Crippen LogP contribution >= 0.6 is 0 Å². The first-order valence-electron chi connectivity index (χ1n) is 9.57. The maximum absolute atomic E-state index is 12.5. The van der Waals surface area contributed by atoms with Crippen molar-refractivity contribution < 1.29 is 32.3 Å².